The topological polar surface area (TPSA) is 115 Å². The first-order chi connectivity index (χ1) is 15.9. The molecule has 3 aliphatic rings. The van der Waals surface area contributed by atoms with Crippen molar-refractivity contribution >= 4 is 27.3 Å². The summed E-state index contributed by atoms with van der Waals surface area (Å²) in [4.78, 5) is 18.7. The molecule has 5 rings (SSSR count). The van der Waals surface area contributed by atoms with Crippen LogP contribution < -0.4 is 5.32 Å². The zero-order chi connectivity index (χ0) is 23.0. The van der Waals surface area contributed by atoms with Gasteiger partial charge in [-0.15, -0.1) is 11.3 Å². The Kier molecular flexibility index (Phi) is 6.56. The SMILES string of the molecule is Cc1sc(-c2noc(C3CCC3)n2)cc1S(=O)(=O)N1CCC(C(=O)NCC2CCCO2)CC1. The summed E-state index contributed by atoms with van der Waals surface area (Å²) in [7, 11) is -3.65. The minimum Gasteiger partial charge on any atom is -0.376 e. The molecule has 33 heavy (non-hydrogen) atoms. The third kappa shape index (κ3) is 4.73. The maximum Gasteiger partial charge on any atom is 0.244 e. The average molecular weight is 495 g/mol. The number of amides is 1. The summed E-state index contributed by atoms with van der Waals surface area (Å²) in [5.41, 5.74) is 0. The fourth-order valence-electron chi connectivity index (χ4n) is 4.65. The Bertz CT molecular complexity index is 1090. The van der Waals surface area contributed by atoms with Crippen molar-refractivity contribution in [1.82, 2.24) is 19.8 Å². The largest absolute Gasteiger partial charge is 0.376 e. The van der Waals surface area contributed by atoms with Crippen LogP contribution in [0.2, 0.25) is 0 Å². The first-order valence-electron chi connectivity index (χ1n) is 11.8. The van der Waals surface area contributed by atoms with Gasteiger partial charge in [-0.1, -0.05) is 11.6 Å². The van der Waals surface area contributed by atoms with Crippen molar-refractivity contribution in [3.05, 3.63) is 16.8 Å². The van der Waals surface area contributed by atoms with E-state index in [1.54, 1.807) is 13.0 Å². The lowest BCUT2D eigenvalue weighted by atomic mass is 9.85. The molecular weight excluding hydrogens is 464 g/mol. The monoisotopic (exact) mass is 494 g/mol. The van der Waals surface area contributed by atoms with Crippen LogP contribution in [0.1, 0.15) is 61.6 Å². The number of hydrogen-bond donors (Lipinski definition) is 1. The van der Waals surface area contributed by atoms with Gasteiger partial charge in [-0.05, 0) is 51.5 Å². The van der Waals surface area contributed by atoms with Gasteiger partial charge in [0.25, 0.3) is 0 Å². The zero-order valence-electron chi connectivity index (χ0n) is 18.8. The first-order valence-corrected chi connectivity index (χ1v) is 14.0. The average Bonchev–Trinajstić information content (AvgIpc) is 3.52. The van der Waals surface area contributed by atoms with E-state index in [9.17, 15) is 13.2 Å². The second-order valence-corrected chi connectivity index (χ2v) is 12.3. The quantitative estimate of drug-likeness (QED) is 0.629. The summed E-state index contributed by atoms with van der Waals surface area (Å²) in [5, 5.41) is 7.05. The van der Waals surface area contributed by atoms with Gasteiger partial charge in [-0.2, -0.15) is 9.29 Å². The number of sulfonamides is 1. The highest BCUT2D eigenvalue weighted by Gasteiger charge is 2.34. The minimum atomic E-state index is -3.65. The van der Waals surface area contributed by atoms with Gasteiger partial charge in [0.15, 0.2) is 0 Å². The zero-order valence-corrected chi connectivity index (χ0v) is 20.4. The smallest absolute Gasteiger partial charge is 0.244 e. The van der Waals surface area contributed by atoms with Crippen LogP contribution in [-0.4, -0.2) is 61.1 Å². The first kappa shape index (κ1) is 22.9. The van der Waals surface area contributed by atoms with Gasteiger partial charge >= 0.3 is 0 Å². The highest BCUT2D eigenvalue weighted by molar-refractivity contribution is 7.89. The van der Waals surface area contributed by atoms with Gasteiger partial charge in [-0.3, -0.25) is 4.79 Å². The summed E-state index contributed by atoms with van der Waals surface area (Å²) in [6, 6.07) is 1.66. The van der Waals surface area contributed by atoms with Crippen LogP contribution in [0.4, 0.5) is 0 Å². The molecule has 0 radical (unpaired) electrons. The van der Waals surface area contributed by atoms with Crippen molar-refractivity contribution in [1.29, 1.82) is 0 Å². The van der Waals surface area contributed by atoms with E-state index in [4.69, 9.17) is 9.26 Å². The molecule has 2 saturated heterocycles. The maximum atomic E-state index is 13.3. The Balaban J connectivity index is 1.21. The van der Waals surface area contributed by atoms with Crippen LogP contribution in [0.25, 0.3) is 10.7 Å². The molecular formula is C22H30N4O5S2. The molecule has 2 aliphatic heterocycles. The fourth-order valence-corrected chi connectivity index (χ4v) is 7.61. The lowest BCUT2D eigenvalue weighted by Crippen LogP contribution is -2.44. The Hall–Kier alpha value is -1.82. The molecule has 11 heteroatoms. The van der Waals surface area contributed by atoms with E-state index in [1.807, 2.05) is 0 Å². The number of ether oxygens (including phenoxy) is 1. The molecule has 9 nitrogen and oxygen atoms in total. The van der Waals surface area contributed by atoms with Gasteiger partial charge in [0.2, 0.25) is 27.6 Å². The number of thiophene rings is 1. The van der Waals surface area contributed by atoms with Crippen molar-refractivity contribution in [3.8, 4) is 10.7 Å². The summed E-state index contributed by atoms with van der Waals surface area (Å²) >= 11 is 1.37. The van der Waals surface area contributed by atoms with Crippen molar-refractivity contribution in [3.63, 3.8) is 0 Å². The number of hydrogen-bond acceptors (Lipinski definition) is 8. The Labute approximate surface area is 197 Å². The molecule has 3 fully saturated rings. The van der Waals surface area contributed by atoms with E-state index in [0.29, 0.717) is 64.8 Å². The maximum absolute atomic E-state index is 13.3. The summed E-state index contributed by atoms with van der Waals surface area (Å²) < 4.78 is 39.1. The molecule has 180 valence electrons. The molecule has 0 spiro atoms. The molecule has 1 N–H and O–H groups in total. The van der Waals surface area contributed by atoms with Gasteiger partial charge in [0, 0.05) is 43.0 Å². The molecule has 1 atom stereocenters. The molecule has 4 heterocycles. The van der Waals surface area contributed by atoms with E-state index in [-0.39, 0.29) is 17.9 Å². The summed E-state index contributed by atoms with van der Waals surface area (Å²) in [6.07, 6.45) is 6.45. The van der Waals surface area contributed by atoms with Gasteiger partial charge in [0.1, 0.15) is 0 Å². The number of aryl methyl sites for hydroxylation is 1. The predicted molar refractivity (Wildman–Crippen MR) is 122 cm³/mol. The van der Waals surface area contributed by atoms with Crippen LogP contribution in [0.3, 0.4) is 0 Å². The Morgan fingerprint density at radius 2 is 2.00 bits per heavy atom. The van der Waals surface area contributed by atoms with Crippen LogP contribution in [0.15, 0.2) is 15.5 Å². The highest BCUT2D eigenvalue weighted by Crippen LogP contribution is 2.38. The lowest BCUT2D eigenvalue weighted by molar-refractivity contribution is -0.126. The summed E-state index contributed by atoms with van der Waals surface area (Å²) in [6.45, 7) is 3.76. The van der Waals surface area contributed by atoms with Gasteiger partial charge < -0.3 is 14.6 Å². The van der Waals surface area contributed by atoms with E-state index in [1.165, 1.54) is 22.1 Å². The summed E-state index contributed by atoms with van der Waals surface area (Å²) in [5.74, 6) is 1.26. The van der Waals surface area contributed by atoms with Crippen molar-refractivity contribution in [2.45, 2.75) is 68.8 Å². The third-order valence-corrected chi connectivity index (χ3v) is 10.2. The van der Waals surface area contributed by atoms with Crippen molar-refractivity contribution < 1.29 is 22.5 Å². The van der Waals surface area contributed by atoms with E-state index in [2.05, 4.69) is 15.5 Å². The van der Waals surface area contributed by atoms with Crippen LogP contribution in [0, 0.1) is 12.8 Å². The molecule has 1 saturated carbocycles. The number of nitrogens with zero attached hydrogens (tertiary/aromatic N) is 3. The third-order valence-electron chi connectivity index (χ3n) is 6.96. The molecule has 2 aromatic heterocycles. The standard InChI is InChI=1S/C22H30N4O5S2/c1-14-19(12-18(32-14)20-24-22(31-25-20)16-4-2-5-16)33(28,29)26-9-7-15(8-10-26)21(27)23-13-17-6-3-11-30-17/h12,15-17H,2-11,13H2,1H3,(H,23,27). The Morgan fingerprint density at radius 3 is 2.67 bits per heavy atom. The second-order valence-electron chi connectivity index (χ2n) is 9.17. The number of rotatable bonds is 7. The molecule has 1 amide bonds. The lowest BCUT2D eigenvalue weighted by Gasteiger charge is -2.30. The molecule has 0 aromatic carbocycles. The second kappa shape index (κ2) is 9.44. The number of carbonyl (C=O) groups excluding carboxylic acids is 1. The minimum absolute atomic E-state index is 0.00378. The normalized spacial score (nSPS) is 23.0. The molecule has 1 aliphatic carbocycles. The van der Waals surface area contributed by atoms with E-state index in [0.717, 1.165) is 32.3 Å². The van der Waals surface area contributed by atoms with Crippen LogP contribution in [0.5, 0.6) is 0 Å². The number of aromatic nitrogens is 2. The number of piperidine rings is 1. The van der Waals surface area contributed by atoms with Crippen LogP contribution >= 0.6 is 11.3 Å². The van der Waals surface area contributed by atoms with Crippen molar-refractivity contribution in [2.75, 3.05) is 26.2 Å². The molecule has 1 unspecified atom stereocenters. The van der Waals surface area contributed by atoms with E-state index >= 15 is 0 Å². The molecule has 0 bridgehead atoms. The van der Waals surface area contributed by atoms with Crippen LogP contribution in [-0.2, 0) is 19.6 Å². The van der Waals surface area contributed by atoms with Crippen molar-refractivity contribution in [2.24, 2.45) is 5.92 Å². The Morgan fingerprint density at radius 1 is 1.21 bits per heavy atom. The van der Waals surface area contributed by atoms with Gasteiger partial charge in [0.05, 0.1) is 15.9 Å². The number of nitrogens with one attached hydrogen (secondary N) is 1. The number of carbonyl (C=O) groups is 1. The van der Waals surface area contributed by atoms with E-state index < -0.39 is 10.0 Å². The predicted octanol–water partition coefficient (Wildman–Crippen LogP) is 3.07. The molecule has 2 aromatic rings. The fraction of sp³-hybridized carbons (Fsp3) is 0.682. The van der Waals surface area contributed by atoms with Gasteiger partial charge in [-0.25, -0.2) is 8.42 Å². The highest BCUT2D eigenvalue weighted by atomic mass is 32.2.